The average molecular weight is 423 g/mol. The Hall–Kier alpha value is -2.68. The summed E-state index contributed by atoms with van der Waals surface area (Å²) < 4.78 is 2.61. The largest absolute Gasteiger partial charge is 0.347 e. The summed E-state index contributed by atoms with van der Waals surface area (Å²) >= 11 is 3.56. The van der Waals surface area contributed by atoms with Gasteiger partial charge in [0.25, 0.3) is 0 Å². The lowest BCUT2D eigenvalue weighted by molar-refractivity contribution is 0.733. The Labute approximate surface area is 162 Å². The van der Waals surface area contributed by atoms with Crippen molar-refractivity contribution >= 4 is 44.5 Å². The van der Waals surface area contributed by atoms with Crippen LogP contribution in [-0.2, 0) is 6.54 Å². The first-order chi connectivity index (χ1) is 13.3. The summed E-state index contributed by atoms with van der Waals surface area (Å²) in [4.78, 5) is 19.9. The molecule has 4 fully saturated rings. The summed E-state index contributed by atoms with van der Waals surface area (Å²) in [5.74, 6) is 5.04. The van der Waals surface area contributed by atoms with Gasteiger partial charge < -0.3 is 15.2 Å². The van der Waals surface area contributed by atoms with Gasteiger partial charge in [0.1, 0.15) is 5.82 Å². The zero-order chi connectivity index (χ0) is 17.7. The molecule has 4 aliphatic rings. The number of nitrogens with zero attached hydrogens (tertiary/aromatic N) is 6. The summed E-state index contributed by atoms with van der Waals surface area (Å²) in [5.41, 5.74) is 2.78. The molecule has 2 bridgehead atoms. The van der Waals surface area contributed by atoms with E-state index in [9.17, 15) is 0 Å². The van der Waals surface area contributed by atoms with E-state index in [1.165, 1.54) is 0 Å². The molecular weight excluding hydrogens is 408 g/mol. The second-order valence-corrected chi connectivity index (χ2v) is 8.45. The molecule has 27 heavy (non-hydrogen) atoms. The molecule has 9 heteroatoms. The van der Waals surface area contributed by atoms with Crippen molar-refractivity contribution in [3.05, 3.63) is 40.8 Å². The Balaban J connectivity index is 1.25. The average Bonchev–Trinajstić information content (AvgIpc) is 3.26. The number of benzene rings is 1. The molecule has 2 unspecified atom stereocenters. The Morgan fingerprint density at radius 2 is 2.07 bits per heavy atom. The second kappa shape index (κ2) is 4.78. The third-order valence-corrected chi connectivity index (χ3v) is 6.69. The number of hydrogen-bond acceptors (Lipinski definition) is 6. The summed E-state index contributed by atoms with van der Waals surface area (Å²) in [6.07, 6.45) is 1.76. The van der Waals surface area contributed by atoms with Crippen LogP contribution in [-0.4, -0.2) is 42.1 Å². The third kappa shape index (κ3) is 1.92. The number of anilines is 2. The molecule has 0 spiro atoms. The van der Waals surface area contributed by atoms with Crippen LogP contribution in [0, 0.1) is 17.8 Å². The van der Waals surface area contributed by atoms with Crippen molar-refractivity contribution in [2.24, 2.45) is 17.8 Å². The van der Waals surface area contributed by atoms with Crippen molar-refractivity contribution in [3.63, 3.8) is 0 Å². The molecule has 4 aromatic rings. The summed E-state index contributed by atoms with van der Waals surface area (Å²) in [7, 11) is 0. The first kappa shape index (κ1) is 14.4. The lowest BCUT2D eigenvalue weighted by Gasteiger charge is -2.17. The highest BCUT2D eigenvalue weighted by Gasteiger charge is 2.81. The van der Waals surface area contributed by atoms with Gasteiger partial charge in [-0.2, -0.15) is 19.6 Å². The van der Waals surface area contributed by atoms with Crippen LogP contribution in [0.1, 0.15) is 5.82 Å². The van der Waals surface area contributed by atoms with Crippen LogP contribution in [0.2, 0.25) is 0 Å². The fraction of sp³-hybridized carbons (Fsp3) is 0.333. The summed E-state index contributed by atoms with van der Waals surface area (Å²) in [6, 6.07) is 8.69. The number of aromatic amines is 1. The first-order valence-corrected chi connectivity index (χ1v) is 9.93. The van der Waals surface area contributed by atoms with Gasteiger partial charge in [-0.25, -0.2) is 4.98 Å². The predicted octanol–water partition coefficient (Wildman–Crippen LogP) is 2.44. The molecule has 2 saturated heterocycles. The predicted molar refractivity (Wildman–Crippen MR) is 104 cm³/mol. The van der Waals surface area contributed by atoms with Crippen molar-refractivity contribution in [3.8, 4) is 0 Å². The number of para-hydroxylation sites is 2. The minimum atomic E-state index is 0.537. The SMILES string of the molecule is Brc1cnn2c(NCc3nc4ccccc4[nH]3)nc(N3CC4C5[C@H]4[C@H]53)nc12. The number of rotatable bonds is 4. The highest BCUT2D eigenvalue weighted by Crippen LogP contribution is 2.75. The molecule has 0 amide bonds. The monoisotopic (exact) mass is 422 g/mol. The zero-order valence-electron chi connectivity index (χ0n) is 14.2. The van der Waals surface area contributed by atoms with Gasteiger partial charge in [-0.05, 0) is 45.8 Å². The lowest BCUT2D eigenvalue weighted by Crippen LogP contribution is -2.24. The Kier molecular flexibility index (Phi) is 2.54. The standard InChI is InChI=1S/C18H15BrN8/c19-9-5-21-27-16(9)24-18(26-7-8-13-14(8)15(13)26)25-17(27)20-6-12-22-10-3-1-2-4-11(10)23-12/h1-5,8,13-15H,6-7H2,(H,22,23)(H,20,24,25)/t8?,13-,14?,15+/m0/s1. The Morgan fingerprint density at radius 1 is 1.19 bits per heavy atom. The number of imidazole rings is 1. The number of aromatic nitrogens is 6. The number of halogens is 1. The fourth-order valence-corrected chi connectivity index (χ4v) is 5.04. The smallest absolute Gasteiger partial charge is 0.231 e. The Bertz CT molecular complexity index is 1180. The molecule has 1 aromatic carbocycles. The van der Waals surface area contributed by atoms with Gasteiger partial charge in [0.15, 0.2) is 5.65 Å². The van der Waals surface area contributed by atoms with Gasteiger partial charge in [0.05, 0.1) is 28.2 Å². The van der Waals surface area contributed by atoms with Gasteiger partial charge >= 0.3 is 0 Å². The van der Waals surface area contributed by atoms with E-state index in [1.807, 2.05) is 24.3 Å². The molecule has 2 saturated carbocycles. The topological polar surface area (TPSA) is 87.0 Å². The highest BCUT2D eigenvalue weighted by atomic mass is 79.9. The molecule has 2 aliphatic heterocycles. The van der Waals surface area contributed by atoms with Gasteiger partial charge in [0.2, 0.25) is 11.9 Å². The van der Waals surface area contributed by atoms with Crippen LogP contribution in [0.25, 0.3) is 16.7 Å². The van der Waals surface area contributed by atoms with E-state index in [-0.39, 0.29) is 0 Å². The number of piperidine rings is 1. The maximum absolute atomic E-state index is 4.80. The number of fused-ring (bicyclic) bond motifs is 3. The van der Waals surface area contributed by atoms with Crippen molar-refractivity contribution < 1.29 is 0 Å². The maximum Gasteiger partial charge on any atom is 0.231 e. The van der Waals surface area contributed by atoms with E-state index in [1.54, 1.807) is 10.7 Å². The Morgan fingerprint density at radius 3 is 2.89 bits per heavy atom. The highest BCUT2D eigenvalue weighted by molar-refractivity contribution is 9.10. The van der Waals surface area contributed by atoms with Gasteiger partial charge in [-0.3, -0.25) is 0 Å². The van der Waals surface area contributed by atoms with E-state index in [4.69, 9.17) is 9.97 Å². The van der Waals surface area contributed by atoms with E-state index in [0.717, 1.165) is 57.2 Å². The quantitative estimate of drug-likeness (QED) is 0.525. The maximum atomic E-state index is 4.80. The van der Waals surface area contributed by atoms with E-state index in [0.29, 0.717) is 18.5 Å². The molecule has 2 aliphatic carbocycles. The van der Waals surface area contributed by atoms with Gasteiger partial charge in [-0.1, -0.05) is 12.1 Å². The van der Waals surface area contributed by atoms with Gasteiger partial charge in [-0.15, -0.1) is 0 Å². The van der Waals surface area contributed by atoms with Crippen LogP contribution in [0.15, 0.2) is 34.9 Å². The molecular formula is C18H15BrN8. The van der Waals surface area contributed by atoms with Crippen LogP contribution >= 0.6 is 15.9 Å². The first-order valence-electron chi connectivity index (χ1n) is 9.13. The van der Waals surface area contributed by atoms with Crippen molar-refractivity contribution in [2.45, 2.75) is 12.6 Å². The number of hydrogen-bond donors (Lipinski definition) is 2. The molecule has 4 atom stereocenters. The molecule has 8 rings (SSSR count). The van der Waals surface area contributed by atoms with Crippen LogP contribution in [0.4, 0.5) is 11.9 Å². The van der Waals surface area contributed by atoms with Crippen LogP contribution in [0.5, 0.6) is 0 Å². The van der Waals surface area contributed by atoms with Crippen LogP contribution < -0.4 is 10.2 Å². The lowest BCUT2D eigenvalue weighted by atomic mass is 10.2. The normalized spacial score (nSPS) is 27.4. The van der Waals surface area contributed by atoms with E-state index >= 15 is 0 Å². The molecule has 8 nitrogen and oxygen atoms in total. The van der Waals surface area contributed by atoms with E-state index < -0.39 is 0 Å². The van der Waals surface area contributed by atoms with Crippen LogP contribution in [0.3, 0.4) is 0 Å². The number of nitrogens with one attached hydrogen (secondary N) is 2. The van der Waals surface area contributed by atoms with Gasteiger partial charge in [0, 0.05) is 12.6 Å². The minimum absolute atomic E-state index is 0.537. The third-order valence-electron chi connectivity index (χ3n) is 6.13. The van der Waals surface area contributed by atoms with Crippen molar-refractivity contribution in [1.29, 1.82) is 0 Å². The van der Waals surface area contributed by atoms with Crippen molar-refractivity contribution in [1.82, 2.24) is 29.5 Å². The second-order valence-electron chi connectivity index (χ2n) is 7.59. The molecule has 5 heterocycles. The molecule has 3 aromatic heterocycles. The molecule has 0 radical (unpaired) electrons. The molecule has 2 N–H and O–H groups in total. The minimum Gasteiger partial charge on any atom is -0.347 e. The zero-order valence-corrected chi connectivity index (χ0v) is 15.8. The summed E-state index contributed by atoms with van der Waals surface area (Å²) in [6.45, 7) is 1.62. The van der Waals surface area contributed by atoms with E-state index in [2.05, 4.69) is 41.2 Å². The number of H-pyrrole nitrogens is 1. The fourth-order valence-electron chi connectivity index (χ4n) is 4.69. The molecule has 134 valence electrons. The van der Waals surface area contributed by atoms with Crippen molar-refractivity contribution in [2.75, 3.05) is 16.8 Å². The summed E-state index contributed by atoms with van der Waals surface area (Å²) in [5, 5.41) is 7.79.